The highest BCUT2D eigenvalue weighted by Gasteiger charge is 2.36. The molecule has 1 saturated heterocycles. The van der Waals surface area contributed by atoms with Gasteiger partial charge in [-0.3, -0.25) is 14.9 Å². The zero-order valence-electron chi connectivity index (χ0n) is 10.9. The van der Waals surface area contributed by atoms with Gasteiger partial charge in [0, 0.05) is 28.7 Å². The standard InChI is InChI=1S/C13H15BrN2O3/c1-13(2)6-3-7-15(13)12(17)10-8-9(16(18)19)4-5-11(10)14/h4-5,8H,3,6-7H2,1-2H3. The predicted octanol–water partition coefficient (Wildman–Crippen LogP) is 3.37. The number of carbonyl (C=O) groups excluding carboxylic acids is 1. The van der Waals surface area contributed by atoms with Crippen LogP contribution in [0.3, 0.4) is 0 Å². The van der Waals surface area contributed by atoms with Crippen LogP contribution in [0.1, 0.15) is 37.0 Å². The lowest BCUT2D eigenvalue weighted by atomic mass is 10.0. The van der Waals surface area contributed by atoms with Crippen molar-refractivity contribution in [2.45, 2.75) is 32.2 Å². The van der Waals surface area contributed by atoms with E-state index in [1.807, 2.05) is 13.8 Å². The molecule has 0 aliphatic carbocycles. The summed E-state index contributed by atoms with van der Waals surface area (Å²) in [6, 6.07) is 4.27. The fourth-order valence-corrected chi connectivity index (χ4v) is 2.84. The van der Waals surface area contributed by atoms with Gasteiger partial charge in [-0.25, -0.2) is 0 Å². The molecule has 1 aromatic carbocycles. The van der Waals surface area contributed by atoms with Crippen molar-refractivity contribution in [3.8, 4) is 0 Å². The number of non-ortho nitro benzene ring substituents is 1. The molecule has 0 unspecified atom stereocenters. The average Bonchev–Trinajstić information content (AvgIpc) is 2.68. The molecular formula is C13H15BrN2O3. The van der Waals surface area contributed by atoms with Crippen LogP contribution in [-0.2, 0) is 0 Å². The first kappa shape index (κ1) is 14.0. The van der Waals surface area contributed by atoms with Crippen LogP contribution in [0.25, 0.3) is 0 Å². The third kappa shape index (κ3) is 2.63. The van der Waals surface area contributed by atoms with Gasteiger partial charge in [0.05, 0.1) is 10.5 Å². The second-order valence-electron chi connectivity index (χ2n) is 5.29. The normalized spacial score (nSPS) is 17.5. The van der Waals surface area contributed by atoms with Crippen molar-refractivity contribution in [1.82, 2.24) is 4.90 Å². The minimum Gasteiger partial charge on any atom is -0.333 e. The van der Waals surface area contributed by atoms with Crippen molar-refractivity contribution in [3.63, 3.8) is 0 Å². The third-order valence-electron chi connectivity index (χ3n) is 3.54. The van der Waals surface area contributed by atoms with Crippen LogP contribution in [-0.4, -0.2) is 27.8 Å². The number of hydrogen-bond donors (Lipinski definition) is 0. The second kappa shape index (κ2) is 4.92. The van der Waals surface area contributed by atoms with Crippen molar-refractivity contribution >= 4 is 27.5 Å². The molecule has 0 spiro atoms. The Morgan fingerprint density at radius 3 is 2.68 bits per heavy atom. The number of halogens is 1. The van der Waals surface area contributed by atoms with Crippen LogP contribution in [0.2, 0.25) is 0 Å². The Labute approximate surface area is 119 Å². The Morgan fingerprint density at radius 2 is 2.16 bits per heavy atom. The van der Waals surface area contributed by atoms with Crippen LogP contribution in [0.4, 0.5) is 5.69 Å². The zero-order chi connectivity index (χ0) is 14.2. The summed E-state index contributed by atoms with van der Waals surface area (Å²) in [5.74, 6) is -0.155. The summed E-state index contributed by atoms with van der Waals surface area (Å²) in [5.41, 5.74) is 0.0916. The smallest absolute Gasteiger partial charge is 0.270 e. The minimum absolute atomic E-state index is 0.0662. The Balaban J connectivity index is 2.38. The van der Waals surface area contributed by atoms with E-state index in [1.165, 1.54) is 12.1 Å². The first-order valence-electron chi connectivity index (χ1n) is 6.09. The SMILES string of the molecule is CC1(C)CCCN1C(=O)c1cc([N+](=O)[O-])ccc1Br. The molecule has 1 fully saturated rings. The van der Waals surface area contributed by atoms with Gasteiger partial charge in [-0.15, -0.1) is 0 Å². The molecule has 0 N–H and O–H groups in total. The van der Waals surface area contributed by atoms with E-state index in [9.17, 15) is 14.9 Å². The molecule has 0 bridgehead atoms. The molecule has 1 aromatic rings. The van der Waals surface area contributed by atoms with Gasteiger partial charge < -0.3 is 4.90 Å². The molecule has 0 radical (unpaired) electrons. The van der Waals surface area contributed by atoms with Crippen LogP contribution in [0.5, 0.6) is 0 Å². The molecule has 2 rings (SSSR count). The summed E-state index contributed by atoms with van der Waals surface area (Å²) in [6.45, 7) is 4.73. The molecule has 1 heterocycles. The quantitative estimate of drug-likeness (QED) is 0.618. The van der Waals surface area contributed by atoms with Crippen LogP contribution >= 0.6 is 15.9 Å². The van der Waals surface area contributed by atoms with Crippen LogP contribution in [0, 0.1) is 10.1 Å². The average molecular weight is 327 g/mol. The molecule has 1 aliphatic heterocycles. The van der Waals surface area contributed by atoms with E-state index in [0.29, 0.717) is 16.6 Å². The Kier molecular flexibility index (Phi) is 3.62. The number of hydrogen-bond acceptors (Lipinski definition) is 3. The first-order chi connectivity index (χ1) is 8.83. The van der Waals surface area contributed by atoms with Gasteiger partial charge in [-0.2, -0.15) is 0 Å². The van der Waals surface area contributed by atoms with E-state index in [1.54, 1.807) is 11.0 Å². The second-order valence-corrected chi connectivity index (χ2v) is 6.15. The maximum Gasteiger partial charge on any atom is 0.270 e. The Morgan fingerprint density at radius 1 is 1.47 bits per heavy atom. The summed E-state index contributed by atoms with van der Waals surface area (Å²) in [4.78, 5) is 24.6. The lowest BCUT2D eigenvalue weighted by molar-refractivity contribution is -0.384. The van der Waals surface area contributed by atoms with Gasteiger partial charge in [-0.1, -0.05) is 0 Å². The van der Waals surface area contributed by atoms with Gasteiger partial charge in [0.15, 0.2) is 0 Å². The fourth-order valence-electron chi connectivity index (χ4n) is 2.42. The minimum atomic E-state index is -0.488. The maximum absolute atomic E-state index is 12.5. The van der Waals surface area contributed by atoms with E-state index < -0.39 is 4.92 Å². The summed E-state index contributed by atoms with van der Waals surface area (Å²) in [6.07, 6.45) is 1.91. The molecule has 19 heavy (non-hydrogen) atoms. The number of nitro benzene ring substituents is 1. The molecule has 1 aliphatic rings. The number of benzene rings is 1. The van der Waals surface area contributed by atoms with E-state index >= 15 is 0 Å². The summed E-state index contributed by atoms with van der Waals surface area (Å²) >= 11 is 3.29. The predicted molar refractivity (Wildman–Crippen MR) is 75.1 cm³/mol. The third-order valence-corrected chi connectivity index (χ3v) is 4.23. The first-order valence-corrected chi connectivity index (χ1v) is 6.88. The van der Waals surface area contributed by atoms with Gasteiger partial charge in [0.1, 0.15) is 0 Å². The molecule has 0 saturated carbocycles. The lowest BCUT2D eigenvalue weighted by Crippen LogP contribution is -2.42. The van der Waals surface area contributed by atoms with E-state index in [-0.39, 0.29) is 17.1 Å². The largest absolute Gasteiger partial charge is 0.333 e. The van der Waals surface area contributed by atoms with Crippen LogP contribution in [0.15, 0.2) is 22.7 Å². The van der Waals surface area contributed by atoms with Crippen LogP contribution < -0.4 is 0 Å². The highest BCUT2D eigenvalue weighted by molar-refractivity contribution is 9.10. The van der Waals surface area contributed by atoms with E-state index in [0.717, 1.165) is 12.8 Å². The monoisotopic (exact) mass is 326 g/mol. The maximum atomic E-state index is 12.5. The van der Waals surface area contributed by atoms with Gasteiger partial charge in [0.2, 0.25) is 0 Å². The Bertz CT molecular complexity index is 543. The molecule has 0 atom stereocenters. The summed E-state index contributed by atoms with van der Waals surface area (Å²) in [7, 11) is 0. The van der Waals surface area contributed by atoms with Crippen molar-refractivity contribution in [2.24, 2.45) is 0 Å². The number of nitro groups is 1. The molecule has 102 valence electrons. The number of amides is 1. The molecular weight excluding hydrogens is 312 g/mol. The van der Waals surface area contributed by atoms with Crippen molar-refractivity contribution in [1.29, 1.82) is 0 Å². The van der Waals surface area contributed by atoms with Gasteiger partial charge >= 0.3 is 0 Å². The van der Waals surface area contributed by atoms with E-state index in [4.69, 9.17) is 0 Å². The van der Waals surface area contributed by atoms with Crippen molar-refractivity contribution in [3.05, 3.63) is 38.3 Å². The Hall–Kier alpha value is -1.43. The zero-order valence-corrected chi connectivity index (χ0v) is 12.4. The van der Waals surface area contributed by atoms with E-state index in [2.05, 4.69) is 15.9 Å². The molecule has 1 amide bonds. The molecule has 0 aromatic heterocycles. The summed E-state index contributed by atoms with van der Waals surface area (Å²) in [5, 5.41) is 10.8. The van der Waals surface area contributed by atoms with Crippen molar-refractivity contribution in [2.75, 3.05) is 6.54 Å². The molecule has 5 nitrogen and oxygen atoms in total. The lowest BCUT2D eigenvalue weighted by Gasteiger charge is -2.31. The van der Waals surface area contributed by atoms with Gasteiger partial charge in [0.25, 0.3) is 11.6 Å². The number of carbonyl (C=O) groups is 1. The number of likely N-dealkylation sites (tertiary alicyclic amines) is 1. The topological polar surface area (TPSA) is 63.5 Å². The van der Waals surface area contributed by atoms with Crippen molar-refractivity contribution < 1.29 is 9.72 Å². The number of rotatable bonds is 2. The number of nitrogens with zero attached hydrogens (tertiary/aromatic N) is 2. The summed E-state index contributed by atoms with van der Waals surface area (Å²) < 4.78 is 0.589. The highest BCUT2D eigenvalue weighted by atomic mass is 79.9. The molecule has 6 heteroatoms. The highest BCUT2D eigenvalue weighted by Crippen LogP contribution is 2.32. The van der Waals surface area contributed by atoms with Gasteiger partial charge in [-0.05, 0) is 48.7 Å². The fraction of sp³-hybridized carbons (Fsp3) is 0.462.